The Bertz CT molecular complexity index is 993. The fraction of sp³-hybridized carbons (Fsp3) is 0.522. The predicted molar refractivity (Wildman–Crippen MR) is 120 cm³/mol. The van der Waals surface area contributed by atoms with Crippen LogP contribution < -0.4 is 5.32 Å². The standard InChI is InChI=1S/C23H33N5O/c1-8-17(13-29-9-2)28-12-15(5)20-23(28)25-16(6)21(27-20)18-10-11-19(14(3)4)26-22(18)24-7/h10-12,14,17H,8-9,13H2,1-7H3,(H,24,26). The van der Waals surface area contributed by atoms with Crippen LogP contribution in [0.2, 0.25) is 0 Å². The van der Waals surface area contributed by atoms with E-state index in [4.69, 9.17) is 19.7 Å². The number of anilines is 1. The molecule has 3 aromatic rings. The maximum atomic E-state index is 5.70. The third kappa shape index (κ3) is 4.13. The van der Waals surface area contributed by atoms with Crippen molar-refractivity contribution in [2.24, 2.45) is 0 Å². The molecule has 3 aromatic heterocycles. The summed E-state index contributed by atoms with van der Waals surface area (Å²) in [5, 5.41) is 3.23. The molecular formula is C23H33N5O. The highest BCUT2D eigenvalue weighted by Gasteiger charge is 2.20. The average molecular weight is 396 g/mol. The summed E-state index contributed by atoms with van der Waals surface area (Å²) in [6, 6.07) is 4.44. The Hall–Kier alpha value is -2.47. The summed E-state index contributed by atoms with van der Waals surface area (Å²) in [6.07, 6.45) is 3.14. The summed E-state index contributed by atoms with van der Waals surface area (Å²) in [6.45, 7) is 14.0. The lowest BCUT2D eigenvalue weighted by Crippen LogP contribution is -2.15. The van der Waals surface area contributed by atoms with Gasteiger partial charge in [0.05, 0.1) is 24.0 Å². The first-order valence-electron chi connectivity index (χ1n) is 10.5. The lowest BCUT2D eigenvalue weighted by Gasteiger charge is -2.18. The highest BCUT2D eigenvalue weighted by molar-refractivity contribution is 5.82. The van der Waals surface area contributed by atoms with Crippen LogP contribution >= 0.6 is 0 Å². The highest BCUT2D eigenvalue weighted by atomic mass is 16.5. The number of ether oxygens (including phenoxy) is 1. The molecule has 0 saturated heterocycles. The number of hydrogen-bond acceptors (Lipinski definition) is 5. The number of nitrogens with one attached hydrogen (secondary N) is 1. The minimum atomic E-state index is 0.255. The van der Waals surface area contributed by atoms with Crippen molar-refractivity contribution in [2.45, 2.75) is 59.9 Å². The molecule has 6 heteroatoms. The van der Waals surface area contributed by atoms with Crippen LogP contribution in [0.15, 0.2) is 18.3 Å². The number of aromatic nitrogens is 4. The van der Waals surface area contributed by atoms with Crippen LogP contribution in [0.4, 0.5) is 5.82 Å². The lowest BCUT2D eigenvalue weighted by atomic mass is 10.1. The van der Waals surface area contributed by atoms with Gasteiger partial charge in [0.15, 0.2) is 5.65 Å². The molecule has 0 spiro atoms. The summed E-state index contributed by atoms with van der Waals surface area (Å²) in [4.78, 5) is 14.8. The Morgan fingerprint density at radius 2 is 1.86 bits per heavy atom. The molecule has 0 aromatic carbocycles. The monoisotopic (exact) mass is 395 g/mol. The van der Waals surface area contributed by atoms with E-state index in [1.54, 1.807) is 0 Å². The molecule has 0 aliphatic heterocycles. The van der Waals surface area contributed by atoms with Gasteiger partial charge >= 0.3 is 0 Å². The van der Waals surface area contributed by atoms with Gasteiger partial charge in [-0.05, 0) is 50.8 Å². The number of pyridine rings is 1. The van der Waals surface area contributed by atoms with Crippen molar-refractivity contribution in [3.05, 3.63) is 35.3 Å². The Morgan fingerprint density at radius 3 is 2.48 bits per heavy atom. The van der Waals surface area contributed by atoms with Gasteiger partial charge in [-0.1, -0.05) is 20.8 Å². The Morgan fingerprint density at radius 1 is 1.10 bits per heavy atom. The van der Waals surface area contributed by atoms with Crippen LogP contribution in [0, 0.1) is 13.8 Å². The third-order valence-electron chi connectivity index (χ3n) is 5.38. The van der Waals surface area contributed by atoms with E-state index in [9.17, 15) is 0 Å². The Balaban J connectivity index is 2.13. The summed E-state index contributed by atoms with van der Waals surface area (Å²) in [5.74, 6) is 1.21. The zero-order valence-electron chi connectivity index (χ0n) is 18.7. The first-order valence-corrected chi connectivity index (χ1v) is 10.5. The SMILES string of the molecule is CCOCC(CC)n1cc(C)c2nc(-c3ccc(C(C)C)nc3NC)c(C)nc21. The smallest absolute Gasteiger partial charge is 0.159 e. The fourth-order valence-corrected chi connectivity index (χ4v) is 3.64. The van der Waals surface area contributed by atoms with Crippen LogP contribution in [0.3, 0.4) is 0 Å². The molecule has 0 saturated carbocycles. The maximum absolute atomic E-state index is 5.70. The molecule has 1 N–H and O–H groups in total. The van der Waals surface area contributed by atoms with Crippen LogP contribution in [0.25, 0.3) is 22.4 Å². The van der Waals surface area contributed by atoms with Crippen molar-refractivity contribution in [3.63, 3.8) is 0 Å². The number of hydrogen-bond donors (Lipinski definition) is 1. The van der Waals surface area contributed by atoms with Gasteiger partial charge in [0.25, 0.3) is 0 Å². The predicted octanol–water partition coefficient (Wildman–Crippen LogP) is 5.26. The number of nitrogens with zero attached hydrogens (tertiary/aromatic N) is 4. The second kappa shape index (κ2) is 8.91. The second-order valence-corrected chi connectivity index (χ2v) is 7.81. The molecule has 29 heavy (non-hydrogen) atoms. The maximum Gasteiger partial charge on any atom is 0.159 e. The zero-order chi connectivity index (χ0) is 21.1. The first-order chi connectivity index (χ1) is 13.9. The van der Waals surface area contributed by atoms with Crippen molar-refractivity contribution in [1.82, 2.24) is 19.5 Å². The quantitative estimate of drug-likeness (QED) is 0.563. The molecule has 1 unspecified atom stereocenters. The molecule has 1 atom stereocenters. The minimum absolute atomic E-state index is 0.255. The Kier molecular flexibility index (Phi) is 6.52. The topological polar surface area (TPSA) is 64.9 Å². The molecular weight excluding hydrogens is 362 g/mol. The van der Waals surface area contributed by atoms with Crippen molar-refractivity contribution in [2.75, 3.05) is 25.6 Å². The molecule has 6 nitrogen and oxygen atoms in total. The van der Waals surface area contributed by atoms with Crippen molar-refractivity contribution >= 4 is 17.0 Å². The summed E-state index contributed by atoms with van der Waals surface area (Å²) in [7, 11) is 1.90. The van der Waals surface area contributed by atoms with E-state index in [1.165, 1.54) is 0 Å². The molecule has 0 amide bonds. The van der Waals surface area contributed by atoms with Crippen LogP contribution in [-0.2, 0) is 4.74 Å². The van der Waals surface area contributed by atoms with E-state index in [1.807, 2.05) is 20.9 Å². The van der Waals surface area contributed by atoms with Crippen LogP contribution in [0.1, 0.15) is 63.0 Å². The lowest BCUT2D eigenvalue weighted by molar-refractivity contribution is 0.113. The molecule has 0 aliphatic rings. The molecule has 0 fully saturated rings. The zero-order valence-corrected chi connectivity index (χ0v) is 18.7. The summed E-state index contributed by atoms with van der Waals surface area (Å²) in [5.41, 5.74) is 6.82. The van der Waals surface area contributed by atoms with Gasteiger partial charge in [0.1, 0.15) is 11.3 Å². The van der Waals surface area contributed by atoms with Crippen molar-refractivity contribution < 1.29 is 4.74 Å². The average Bonchev–Trinajstić information content (AvgIpc) is 3.03. The molecule has 156 valence electrons. The van der Waals surface area contributed by atoms with Gasteiger partial charge in [-0.2, -0.15) is 0 Å². The van der Waals surface area contributed by atoms with Crippen LogP contribution in [0.5, 0.6) is 0 Å². The summed E-state index contributed by atoms with van der Waals surface area (Å²) >= 11 is 0. The van der Waals surface area contributed by atoms with Gasteiger partial charge in [0.2, 0.25) is 0 Å². The molecule has 0 radical (unpaired) electrons. The number of aryl methyl sites for hydroxylation is 2. The molecule has 0 bridgehead atoms. The molecule has 3 heterocycles. The molecule has 3 rings (SSSR count). The first kappa shape index (κ1) is 21.2. The molecule has 0 aliphatic carbocycles. The second-order valence-electron chi connectivity index (χ2n) is 7.81. The van der Waals surface area contributed by atoms with Gasteiger partial charge < -0.3 is 14.6 Å². The van der Waals surface area contributed by atoms with E-state index in [-0.39, 0.29) is 6.04 Å². The highest BCUT2D eigenvalue weighted by Crippen LogP contribution is 2.32. The van der Waals surface area contributed by atoms with E-state index in [0.717, 1.165) is 58.2 Å². The van der Waals surface area contributed by atoms with Gasteiger partial charge in [-0.15, -0.1) is 0 Å². The minimum Gasteiger partial charge on any atom is -0.380 e. The van der Waals surface area contributed by atoms with Gasteiger partial charge in [-0.3, -0.25) is 0 Å². The fourth-order valence-electron chi connectivity index (χ4n) is 3.64. The largest absolute Gasteiger partial charge is 0.380 e. The van der Waals surface area contributed by atoms with Crippen molar-refractivity contribution in [1.29, 1.82) is 0 Å². The van der Waals surface area contributed by atoms with Gasteiger partial charge in [-0.25, -0.2) is 15.0 Å². The van der Waals surface area contributed by atoms with E-state index < -0.39 is 0 Å². The third-order valence-corrected chi connectivity index (χ3v) is 5.38. The van der Waals surface area contributed by atoms with Crippen molar-refractivity contribution in [3.8, 4) is 11.3 Å². The summed E-state index contributed by atoms with van der Waals surface area (Å²) < 4.78 is 7.92. The van der Waals surface area contributed by atoms with E-state index in [0.29, 0.717) is 12.5 Å². The van der Waals surface area contributed by atoms with E-state index >= 15 is 0 Å². The van der Waals surface area contributed by atoms with Crippen LogP contribution in [-0.4, -0.2) is 39.8 Å². The number of fused-ring (bicyclic) bond motifs is 1. The number of rotatable bonds is 8. The normalized spacial score (nSPS) is 12.7. The Labute approximate surface area is 173 Å². The van der Waals surface area contributed by atoms with Gasteiger partial charge in [0, 0.05) is 31.1 Å². The van der Waals surface area contributed by atoms with E-state index in [2.05, 4.69) is 55.9 Å².